The maximum Gasteiger partial charge on any atom is 0.410 e. The fourth-order valence-electron chi connectivity index (χ4n) is 2.49. The number of likely N-dealkylation sites (tertiary alicyclic amines) is 1. The van der Waals surface area contributed by atoms with Gasteiger partial charge in [0, 0.05) is 13.1 Å². The van der Waals surface area contributed by atoms with Gasteiger partial charge in [0.2, 0.25) is 0 Å². The first-order valence-corrected chi connectivity index (χ1v) is 7.37. The summed E-state index contributed by atoms with van der Waals surface area (Å²) in [5.41, 5.74) is 5.34. The molecule has 3 N–H and O–H groups in total. The van der Waals surface area contributed by atoms with Gasteiger partial charge in [-0.1, -0.05) is 0 Å². The third kappa shape index (κ3) is 2.70. The minimum Gasteiger partial charge on any atom is -0.476 e. The quantitative estimate of drug-likeness (QED) is 0.826. The Kier molecular flexibility index (Phi) is 3.54. The van der Waals surface area contributed by atoms with Gasteiger partial charge >= 0.3 is 12.1 Å². The van der Waals surface area contributed by atoms with Crippen LogP contribution in [0, 0.1) is 0 Å². The van der Waals surface area contributed by atoms with E-state index in [-0.39, 0.29) is 22.9 Å². The van der Waals surface area contributed by atoms with Crippen LogP contribution in [0.1, 0.15) is 37.3 Å². The highest BCUT2D eigenvalue weighted by atomic mass is 16.6. The molecule has 0 unspecified atom stereocenters. The lowest BCUT2D eigenvalue weighted by atomic mass is 10.1. The summed E-state index contributed by atoms with van der Waals surface area (Å²) in [6, 6.07) is -0.192. The number of amides is 1. The summed E-state index contributed by atoms with van der Waals surface area (Å²) in [6.07, 6.45) is 0.842. The Morgan fingerprint density at radius 3 is 2.58 bits per heavy atom. The minimum absolute atomic E-state index is 0.0620. The molecule has 0 aliphatic carbocycles. The highest BCUT2D eigenvalue weighted by Crippen LogP contribution is 2.29. The van der Waals surface area contributed by atoms with Crippen molar-refractivity contribution >= 4 is 28.9 Å². The smallest absolute Gasteiger partial charge is 0.410 e. The van der Waals surface area contributed by atoms with Crippen molar-refractivity contribution in [2.24, 2.45) is 0 Å². The van der Waals surface area contributed by atoms with Crippen molar-refractivity contribution in [2.45, 2.75) is 32.4 Å². The Bertz CT molecular complexity index is 819. The van der Waals surface area contributed by atoms with E-state index in [0.29, 0.717) is 18.7 Å². The molecular weight excluding hydrogens is 316 g/mol. The average molecular weight is 334 g/mol. The zero-order valence-electron chi connectivity index (χ0n) is 13.6. The molecule has 1 saturated heterocycles. The Balaban J connectivity index is 1.84. The van der Waals surface area contributed by atoms with E-state index in [2.05, 4.69) is 15.1 Å². The predicted octanol–water partition coefficient (Wildman–Crippen LogP) is 0.898. The maximum atomic E-state index is 12.0. The molecule has 1 aliphatic heterocycles. The molecule has 10 heteroatoms. The summed E-state index contributed by atoms with van der Waals surface area (Å²) in [7, 11) is 0. The number of fused-ring (bicyclic) bond motifs is 1. The first kappa shape index (κ1) is 16.0. The van der Waals surface area contributed by atoms with Crippen LogP contribution in [0.3, 0.4) is 0 Å². The van der Waals surface area contributed by atoms with E-state index in [0.717, 1.165) is 0 Å². The first-order chi connectivity index (χ1) is 11.2. The number of rotatable bonds is 2. The number of nitrogen functional groups attached to an aromatic ring is 1. The number of carboxylic acid groups (broad SMARTS) is 1. The highest BCUT2D eigenvalue weighted by Gasteiger charge is 2.37. The number of hydrogen-bond donors (Lipinski definition) is 2. The third-order valence-electron chi connectivity index (χ3n) is 3.58. The molecule has 0 aromatic carbocycles. The Labute approximate surface area is 137 Å². The van der Waals surface area contributed by atoms with Gasteiger partial charge in [-0.15, -0.1) is 0 Å². The zero-order valence-corrected chi connectivity index (χ0v) is 13.6. The number of aromatic nitrogens is 4. The molecule has 10 nitrogen and oxygen atoms in total. The van der Waals surface area contributed by atoms with Gasteiger partial charge in [-0.3, -0.25) is 0 Å². The van der Waals surface area contributed by atoms with Gasteiger partial charge in [0.05, 0.1) is 11.4 Å². The van der Waals surface area contributed by atoms with Crippen LogP contribution in [-0.4, -0.2) is 60.5 Å². The topological polar surface area (TPSA) is 136 Å². The van der Waals surface area contributed by atoms with Crippen LogP contribution >= 0.6 is 0 Å². The van der Waals surface area contributed by atoms with E-state index in [1.807, 2.05) is 0 Å². The van der Waals surface area contributed by atoms with Crippen molar-refractivity contribution in [3.63, 3.8) is 0 Å². The SMILES string of the molecule is CC(C)(C)OC(=O)N1CC(n2nc(C(=O)O)c3c(N)ncnc32)C1. The molecular formula is C14H18N6O4. The second-order valence-electron chi connectivity index (χ2n) is 6.59. The molecule has 1 amide bonds. The Morgan fingerprint density at radius 2 is 2.00 bits per heavy atom. The molecule has 24 heavy (non-hydrogen) atoms. The monoisotopic (exact) mass is 334 g/mol. The van der Waals surface area contributed by atoms with Crippen LogP contribution < -0.4 is 5.73 Å². The summed E-state index contributed by atoms with van der Waals surface area (Å²) in [5.74, 6) is -1.14. The van der Waals surface area contributed by atoms with E-state index in [9.17, 15) is 14.7 Å². The van der Waals surface area contributed by atoms with E-state index >= 15 is 0 Å². The molecule has 0 atom stereocenters. The minimum atomic E-state index is -1.21. The molecule has 3 heterocycles. The number of ether oxygens (including phenoxy) is 1. The van der Waals surface area contributed by atoms with E-state index in [4.69, 9.17) is 10.5 Å². The molecule has 2 aromatic rings. The van der Waals surface area contributed by atoms with Gasteiger partial charge in [-0.2, -0.15) is 5.10 Å². The molecule has 3 rings (SSSR count). The molecule has 128 valence electrons. The van der Waals surface area contributed by atoms with Crippen molar-refractivity contribution in [3.8, 4) is 0 Å². The average Bonchev–Trinajstić information content (AvgIpc) is 2.76. The number of nitrogens with two attached hydrogens (primary N) is 1. The summed E-state index contributed by atoms with van der Waals surface area (Å²) in [4.78, 5) is 32.8. The molecule has 0 spiro atoms. The summed E-state index contributed by atoms with van der Waals surface area (Å²) in [6.45, 7) is 6.09. The lowest BCUT2D eigenvalue weighted by molar-refractivity contribution is -0.0000502. The summed E-state index contributed by atoms with van der Waals surface area (Å²) >= 11 is 0. The number of nitrogens with zero attached hydrogens (tertiary/aromatic N) is 5. The highest BCUT2D eigenvalue weighted by molar-refractivity contribution is 6.04. The normalized spacial score (nSPS) is 15.4. The van der Waals surface area contributed by atoms with Gasteiger partial charge in [0.15, 0.2) is 11.3 Å². The second kappa shape index (κ2) is 5.32. The number of carboxylic acids is 1. The zero-order chi connectivity index (χ0) is 17.6. The predicted molar refractivity (Wildman–Crippen MR) is 83.5 cm³/mol. The van der Waals surface area contributed by atoms with Crippen molar-refractivity contribution in [2.75, 3.05) is 18.8 Å². The molecule has 0 radical (unpaired) electrons. The van der Waals surface area contributed by atoms with Gasteiger partial charge in [0.25, 0.3) is 0 Å². The lowest BCUT2D eigenvalue weighted by Gasteiger charge is -2.39. The van der Waals surface area contributed by atoms with Gasteiger partial charge in [-0.05, 0) is 20.8 Å². The van der Waals surface area contributed by atoms with Crippen LogP contribution in [0.25, 0.3) is 11.0 Å². The molecule has 2 aromatic heterocycles. The fourth-order valence-corrected chi connectivity index (χ4v) is 2.49. The van der Waals surface area contributed by atoms with Crippen molar-refractivity contribution < 1.29 is 19.4 Å². The Morgan fingerprint density at radius 1 is 1.33 bits per heavy atom. The standard InChI is InChI=1S/C14H18N6O4/c1-14(2,3)24-13(23)19-4-7(5-19)20-11-8(9(18-20)12(21)22)10(15)16-6-17-11/h6-7H,4-5H2,1-3H3,(H,21,22)(H2,15,16,17). The lowest BCUT2D eigenvalue weighted by Crippen LogP contribution is -2.52. The molecule has 0 bridgehead atoms. The number of carbonyl (C=O) groups is 2. The van der Waals surface area contributed by atoms with Crippen molar-refractivity contribution in [1.29, 1.82) is 0 Å². The van der Waals surface area contributed by atoms with E-state index < -0.39 is 17.7 Å². The van der Waals surface area contributed by atoms with E-state index in [1.54, 1.807) is 20.8 Å². The van der Waals surface area contributed by atoms with Gasteiger partial charge < -0.3 is 20.5 Å². The first-order valence-electron chi connectivity index (χ1n) is 7.37. The van der Waals surface area contributed by atoms with Crippen molar-refractivity contribution in [1.82, 2.24) is 24.6 Å². The second-order valence-corrected chi connectivity index (χ2v) is 6.59. The van der Waals surface area contributed by atoms with Gasteiger partial charge in [-0.25, -0.2) is 24.2 Å². The number of aromatic carboxylic acids is 1. The van der Waals surface area contributed by atoms with Crippen LogP contribution in [0.5, 0.6) is 0 Å². The molecule has 1 fully saturated rings. The third-order valence-corrected chi connectivity index (χ3v) is 3.58. The fraction of sp³-hybridized carbons (Fsp3) is 0.500. The molecule has 1 aliphatic rings. The Hall–Kier alpha value is -2.91. The summed E-state index contributed by atoms with van der Waals surface area (Å²) < 4.78 is 6.78. The largest absolute Gasteiger partial charge is 0.476 e. The summed E-state index contributed by atoms with van der Waals surface area (Å²) in [5, 5.41) is 13.6. The van der Waals surface area contributed by atoms with Crippen LogP contribution in [-0.2, 0) is 4.74 Å². The van der Waals surface area contributed by atoms with Crippen LogP contribution in [0.2, 0.25) is 0 Å². The maximum absolute atomic E-state index is 12.0. The van der Waals surface area contributed by atoms with E-state index in [1.165, 1.54) is 15.9 Å². The van der Waals surface area contributed by atoms with Crippen LogP contribution in [0.15, 0.2) is 6.33 Å². The van der Waals surface area contributed by atoms with Crippen LogP contribution in [0.4, 0.5) is 10.6 Å². The number of anilines is 1. The van der Waals surface area contributed by atoms with Crippen molar-refractivity contribution in [3.05, 3.63) is 12.0 Å². The number of carbonyl (C=O) groups excluding carboxylic acids is 1. The molecule has 0 saturated carbocycles. The van der Waals surface area contributed by atoms with Gasteiger partial charge in [0.1, 0.15) is 17.7 Å². The number of hydrogen-bond acceptors (Lipinski definition) is 7.